The van der Waals surface area contributed by atoms with E-state index in [4.69, 9.17) is 0 Å². The van der Waals surface area contributed by atoms with E-state index < -0.39 is 0 Å². The molecule has 1 N–H and O–H groups in total. The number of carbonyl (C=O) groups excluding carboxylic acids is 1. The lowest BCUT2D eigenvalue weighted by Crippen LogP contribution is -2.48. The van der Waals surface area contributed by atoms with Gasteiger partial charge in [-0.1, -0.05) is 0 Å². The normalized spacial score (nSPS) is 25.4. The van der Waals surface area contributed by atoms with E-state index in [9.17, 15) is 4.79 Å². The molecule has 1 aromatic carbocycles. The number of nitrogens with zero attached hydrogens (tertiary/aromatic N) is 2. The summed E-state index contributed by atoms with van der Waals surface area (Å²) in [5, 5.41) is 3.42. The molecule has 2 aliphatic heterocycles. The van der Waals surface area contributed by atoms with Gasteiger partial charge >= 0.3 is 0 Å². The maximum Gasteiger partial charge on any atom is 0.254 e. The predicted octanol–water partition coefficient (Wildman–Crippen LogP) is 1.58. The van der Waals surface area contributed by atoms with Crippen LogP contribution in [0, 0.1) is 5.92 Å². The van der Waals surface area contributed by atoms with Crippen molar-refractivity contribution in [3.63, 3.8) is 0 Å². The van der Waals surface area contributed by atoms with Gasteiger partial charge in [0, 0.05) is 51.0 Å². The van der Waals surface area contributed by atoms with Gasteiger partial charge in [-0.15, -0.1) is 0 Å². The average Bonchev–Trinajstić information content (AvgIpc) is 2.95. The fourth-order valence-electron chi connectivity index (χ4n) is 3.39. The van der Waals surface area contributed by atoms with Crippen LogP contribution in [-0.2, 0) is 0 Å². The highest BCUT2D eigenvalue weighted by Crippen LogP contribution is 2.28. The Labute approximate surface area is 120 Å². The first-order valence-corrected chi connectivity index (χ1v) is 7.46. The zero-order valence-electron chi connectivity index (χ0n) is 12.3. The number of nitrogens with one attached hydrogen (secondary N) is 1. The maximum absolute atomic E-state index is 12.7. The molecule has 0 bridgehead atoms. The molecule has 2 atom stereocenters. The van der Waals surface area contributed by atoms with Gasteiger partial charge in [0.1, 0.15) is 0 Å². The SMILES string of the molecule is CN(C)c1ccc(C(=O)N2CCCC3CNCC32)cc1. The number of anilines is 1. The molecule has 3 rings (SSSR count). The van der Waals surface area contributed by atoms with Gasteiger partial charge in [0.15, 0.2) is 0 Å². The van der Waals surface area contributed by atoms with Crippen LogP contribution in [0.4, 0.5) is 5.69 Å². The molecule has 0 spiro atoms. The second-order valence-corrected chi connectivity index (χ2v) is 6.07. The highest BCUT2D eigenvalue weighted by molar-refractivity contribution is 5.95. The third-order valence-electron chi connectivity index (χ3n) is 4.57. The number of fused-ring (bicyclic) bond motifs is 1. The summed E-state index contributed by atoms with van der Waals surface area (Å²) in [6.45, 7) is 2.91. The molecule has 0 radical (unpaired) electrons. The molecule has 2 saturated heterocycles. The molecule has 108 valence electrons. The van der Waals surface area contributed by atoms with Crippen molar-refractivity contribution in [2.45, 2.75) is 18.9 Å². The van der Waals surface area contributed by atoms with Crippen LogP contribution in [0.1, 0.15) is 23.2 Å². The van der Waals surface area contributed by atoms with Crippen molar-refractivity contribution >= 4 is 11.6 Å². The van der Waals surface area contributed by atoms with Gasteiger partial charge in [0.05, 0.1) is 0 Å². The van der Waals surface area contributed by atoms with Gasteiger partial charge in [0.25, 0.3) is 5.91 Å². The molecule has 2 unspecified atom stereocenters. The van der Waals surface area contributed by atoms with E-state index in [1.54, 1.807) is 0 Å². The summed E-state index contributed by atoms with van der Waals surface area (Å²) < 4.78 is 0. The quantitative estimate of drug-likeness (QED) is 0.888. The third-order valence-corrected chi connectivity index (χ3v) is 4.57. The Morgan fingerprint density at radius 1 is 1.25 bits per heavy atom. The van der Waals surface area contributed by atoms with E-state index in [0.717, 1.165) is 37.3 Å². The van der Waals surface area contributed by atoms with Crippen LogP contribution in [0.5, 0.6) is 0 Å². The van der Waals surface area contributed by atoms with E-state index in [1.807, 2.05) is 43.3 Å². The number of likely N-dealkylation sites (tertiary alicyclic amines) is 1. The summed E-state index contributed by atoms with van der Waals surface area (Å²) in [7, 11) is 4.02. The number of piperidine rings is 1. The smallest absolute Gasteiger partial charge is 0.254 e. The number of benzene rings is 1. The average molecular weight is 273 g/mol. The van der Waals surface area contributed by atoms with E-state index in [2.05, 4.69) is 10.2 Å². The molecule has 1 amide bonds. The van der Waals surface area contributed by atoms with Crippen molar-refractivity contribution in [1.82, 2.24) is 10.2 Å². The second-order valence-electron chi connectivity index (χ2n) is 6.07. The molecule has 0 aromatic heterocycles. The van der Waals surface area contributed by atoms with Crippen molar-refractivity contribution in [2.24, 2.45) is 5.92 Å². The van der Waals surface area contributed by atoms with E-state index >= 15 is 0 Å². The first kappa shape index (κ1) is 13.4. The third kappa shape index (κ3) is 2.40. The predicted molar refractivity (Wildman–Crippen MR) is 81.2 cm³/mol. The Hall–Kier alpha value is -1.55. The number of carbonyl (C=O) groups is 1. The first-order valence-electron chi connectivity index (χ1n) is 7.46. The molecule has 4 heteroatoms. The number of hydrogen-bond donors (Lipinski definition) is 1. The Kier molecular flexibility index (Phi) is 3.66. The highest BCUT2D eigenvalue weighted by Gasteiger charge is 2.37. The lowest BCUT2D eigenvalue weighted by Gasteiger charge is -2.37. The topological polar surface area (TPSA) is 35.6 Å². The van der Waals surface area contributed by atoms with Gasteiger partial charge < -0.3 is 15.1 Å². The molecular formula is C16H23N3O. The van der Waals surface area contributed by atoms with E-state index in [1.165, 1.54) is 6.42 Å². The first-order chi connectivity index (χ1) is 9.66. The minimum Gasteiger partial charge on any atom is -0.378 e. The van der Waals surface area contributed by atoms with Crippen molar-refractivity contribution in [2.75, 3.05) is 38.6 Å². The summed E-state index contributed by atoms with van der Waals surface area (Å²) >= 11 is 0. The summed E-state index contributed by atoms with van der Waals surface area (Å²) in [6.07, 6.45) is 2.38. The van der Waals surface area contributed by atoms with Crippen LogP contribution in [0.2, 0.25) is 0 Å². The maximum atomic E-state index is 12.7. The number of hydrogen-bond acceptors (Lipinski definition) is 3. The van der Waals surface area contributed by atoms with Crippen molar-refractivity contribution in [3.05, 3.63) is 29.8 Å². The largest absolute Gasteiger partial charge is 0.378 e. The molecular weight excluding hydrogens is 250 g/mol. The van der Waals surface area contributed by atoms with Crippen LogP contribution in [0.3, 0.4) is 0 Å². The van der Waals surface area contributed by atoms with Crippen LogP contribution in [0.25, 0.3) is 0 Å². The number of amides is 1. The van der Waals surface area contributed by atoms with Gasteiger partial charge in [-0.2, -0.15) is 0 Å². The summed E-state index contributed by atoms with van der Waals surface area (Å²) in [4.78, 5) is 16.8. The van der Waals surface area contributed by atoms with Crippen LogP contribution in [-0.4, -0.2) is 50.6 Å². The Bertz CT molecular complexity index is 483. The van der Waals surface area contributed by atoms with Gasteiger partial charge in [-0.3, -0.25) is 4.79 Å². The van der Waals surface area contributed by atoms with Crippen LogP contribution in [0.15, 0.2) is 24.3 Å². The monoisotopic (exact) mass is 273 g/mol. The van der Waals surface area contributed by atoms with Crippen molar-refractivity contribution < 1.29 is 4.79 Å². The Morgan fingerprint density at radius 2 is 2.00 bits per heavy atom. The Morgan fingerprint density at radius 3 is 2.70 bits per heavy atom. The zero-order chi connectivity index (χ0) is 14.1. The fraction of sp³-hybridized carbons (Fsp3) is 0.562. The lowest BCUT2D eigenvalue weighted by atomic mass is 9.91. The van der Waals surface area contributed by atoms with Crippen molar-refractivity contribution in [1.29, 1.82) is 0 Å². The molecule has 1 aromatic rings. The van der Waals surface area contributed by atoms with Crippen LogP contribution >= 0.6 is 0 Å². The lowest BCUT2D eigenvalue weighted by molar-refractivity contribution is 0.0575. The molecule has 2 fully saturated rings. The zero-order valence-corrected chi connectivity index (χ0v) is 12.3. The summed E-state index contributed by atoms with van der Waals surface area (Å²) in [6, 6.07) is 8.32. The van der Waals surface area contributed by atoms with Gasteiger partial charge in [0.2, 0.25) is 0 Å². The molecule has 2 aliphatic rings. The molecule has 2 heterocycles. The molecule has 0 saturated carbocycles. The Balaban J connectivity index is 1.77. The summed E-state index contributed by atoms with van der Waals surface area (Å²) in [5.74, 6) is 0.836. The minimum absolute atomic E-state index is 0.189. The second kappa shape index (κ2) is 5.44. The van der Waals surface area contributed by atoms with Gasteiger partial charge in [-0.25, -0.2) is 0 Å². The highest BCUT2D eigenvalue weighted by atomic mass is 16.2. The standard InChI is InChI=1S/C16H23N3O/c1-18(2)14-7-5-12(6-8-14)16(20)19-9-3-4-13-10-17-11-15(13)19/h5-8,13,15,17H,3-4,9-11H2,1-2H3. The summed E-state index contributed by atoms with van der Waals surface area (Å²) in [5.41, 5.74) is 1.93. The van der Waals surface area contributed by atoms with Crippen molar-refractivity contribution in [3.8, 4) is 0 Å². The van der Waals surface area contributed by atoms with E-state index in [0.29, 0.717) is 12.0 Å². The fourth-order valence-corrected chi connectivity index (χ4v) is 3.39. The van der Waals surface area contributed by atoms with Gasteiger partial charge in [-0.05, 0) is 43.0 Å². The minimum atomic E-state index is 0.189. The molecule has 20 heavy (non-hydrogen) atoms. The number of rotatable bonds is 2. The van der Waals surface area contributed by atoms with Crippen LogP contribution < -0.4 is 10.2 Å². The molecule has 0 aliphatic carbocycles. The van der Waals surface area contributed by atoms with E-state index in [-0.39, 0.29) is 5.91 Å². The molecule has 4 nitrogen and oxygen atoms in total.